The SMILES string of the molecule is Cn1cc(-c2ccc(NC(=O)c3cn(CC4CCOCC4)cc(-c4ccco4)c3=O)cc2)c2c(N)ncnc21. The minimum Gasteiger partial charge on any atom is -0.464 e. The lowest BCUT2D eigenvalue weighted by Crippen LogP contribution is -2.26. The van der Waals surface area contributed by atoms with E-state index >= 15 is 0 Å². The van der Waals surface area contributed by atoms with Crippen LogP contribution in [0.1, 0.15) is 23.2 Å². The third-order valence-corrected chi connectivity index (χ3v) is 7.16. The maximum absolute atomic E-state index is 13.4. The van der Waals surface area contributed by atoms with Crippen LogP contribution in [0.2, 0.25) is 0 Å². The molecule has 10 heteroatoms. The zero-order valence-corrected chi connectivity index (χ0v) is 21.5. The number of anilines is 2. The van der Waals surface area contributed by atoms with E-state index in [2.05, 4.69) is 15.3 Å². The molecule has 1 saturated heterocycles. The summed E-state index contributed by atoms with van der Waals surface area (Å²) in [4.78, 5) is 35.2. The Hall–Kier alpha value is -4.70. The van der Waals surface area contributed by atoms with E-state index in [-0.39, 0.29) is 11.0 Å². The van der Waals surface area contributed by atoms with Gasteiger partial charge in [0.05, 0.1) is 17.2 Å². The van der Waals surface area contributed by atoms with E-state index < -0.39 is 5.91 Å². The van der Waals surface area contributed by atoms with Crippen molar-refractivity contribution in [3.05, 3.63) is 83.4 Å². The minimum absolute atomic E-state index is 0.0546. The first-order valence-electron chi connectivity index (χ1n) is 12.8. The standard InChI is InChI=1S/C29H28N6O4/c1-34-14-21(25-27(30)31-17-32-28(25)34)19-4-6-20(7-5-19)33-29(37)23-16-35(13-18-8-11-38-12-9-18)15-22(26(23)36)24-3-2-10-39-24/h2-7,10,14-18H,8-9,11-13H2,1H3,(H,33,37)(H2,30,31,32). The molecule has 1 fully saturated rings. The number of nitrogen functional groups attached to an aromatic ring is 1. The van der Waals surface area contributed by atoms with Crippen LogP contribution in [-0.4, -0.2) is 38.2 Å². The highest BCUT2D eigenvalue weighted by Crippen LogP contribution is 2.32. The van der Waals surface area contributed by atoms with Crippen molar-refractivity contribution >= 4 is 28.4 Å². The number of pyridine rings is 1. The van der Waals surface area contributed by atoms with Crippen LogP contribution in [0.15, 0.2) is 76.8 Å². The lowest BCUT2D eigenvalue weighted by molar-refractivity contribution is 0.0612. The number of carbonyl (C=O) groups excluding carboxylic acids is 1. The van der Waals surface area contributed by atoms with Gasteiger partial charge >= 0.3 is 0 Å². The summed E-state index contributed by atoms with van der Waals surface area (Å²) in [5.41, 5.74) is 9.26. The molecular formula is C29H28N6O4. The zero-order valence-electron chi connectivity index (χ0n) is 21.5. The first-order chi connectivity index (χ1) is 19.0. The monoisotopic (exact) mass is 524 g/mol. The molecule has 6 rings (SSSR count). The fourth-order valence-electron chi connectivity index (χ4n) is 5.12. The van der Waals surface area contributed by atoms with Gasteiger partial charge in [0, 0.05) is 56.6 Å². The summed E-state index contributed by atoms with van der Waals surface area (Å²) in [6.07, 6.45) is 10.2. The molecule has 0 spiro atoms. The Bertz CT molecular complexity index is 1700. The molecule has 0 atom stereocenters. The van der Waals surface area contributed by atoms with E-state index in [1.54, 1.807) is 36.7 Å². The number of carbonyl (C=O) groups is 1. The number of fused-ring (bicyclic) bond motifs is 1. The van der Waals surface area contributed by atoms with Crippen LogP contribution in [-0.2, 0) is 18.3 Å². The third kappa shape index (κ3) is 4.82. The number of furan rings is 1. The van der Waals surface area contributed by atoms with Gasteiger partial charge in [-0.05, 0) is 48.6 Å². The number of nitrogens with zero attached hydrogens (tertiary/aromatic N) is 4. The Morgan fingerprint density at radius 2 is 1.87 bits per heavy atom. The Kier molecular flexibility index (Phi) is 6.45. The quantitative estimate of drug-likeness (QED) is 0.338. The van der Waals surface area contributed by atoms with Gasteiger partial charge in [-0.2, -0.15) is 0 Å². The summed E-state index contributed by atoms with van der Waals surface area (Å²) in [7, 11) is 1.90. The van der Waals surface area contributed by atoms with E-state index in [1.165, 1.54) is 12.6 Å². The molecule has 0 bridgehead atoms. The summed E-state index contributed by atoms with van der Waals surface area (Å²) < 4.78 is 14.8. The highest BCUT2D eigenvalue weighted by Gasteiger charge is 2.21. The van der Waals surface area contributed by atoms with Gasteiger partial charge in [-0.15, -0.1) is 0 Å². The largest absolute Gasteiger partial charge is 0.464 e. The predicted octanol–water partition coefficient (Wildman–Crippen LogP) is 4.32. The van der Waals surface area contributed by atoms with Crippen molar-refractivity contribution in [2.45, 2.75) is 19.4 Å². The summed E-state index contributed by atoms with van der Waals surface area (Å²) in [5, 5.41) is 3.65. The topological polar surface area (TPSA) is 130 Å². The Labute approximate surface area is 224 Å². The molecule has 5 heterocycles. The van der Waals surface area contributed by atoms with Gasteiger partial charge in [0.1, 0.15) is 29.1 Å². The number of benzene rings is 1. The molecule has 0 aliphatic carbocycles. The maximum atomic E-state index is 13.4. The van der Waals surface area contributed by atoms with Crippen molar-refractivity contribution in [3.63, 3.8) is 0 Å². The number of nitrogens with one attached hydrogen (secondary N) is 1. The number of hydrogen-bond donors (Lipinski definition) is 2. The first kappa shape index (κ1) is 24.6. The lowest BCUT2D eigenvalue weighted by Gasteiger charge is -2.23. The lowest BCUT2D eigenvalue weighted by atomic mass is 10.00. The average molecular weight is 525 g/mol. The molecule has 4 aromatic heterocycles. The molecule has 198 valence electrons. The number of aryl methyl sites for hydroxylation is 1. The highest BCUT2D eigenvalue weighted by molar-refractivity contribution is 6.05. The number of nitrogens with two attached hydrogens (primary N) is 1. The number of hydrogen-bond acceptors (Lipinski definition) is 7. The van der Waals surface area contributed by atoms with Crippen molar-refractivity contribution < 1.29 is 13.9 Å². The Balaban J connectivity index is 1.29. The summed E-state index contributed by atoms with van der Waals surface area (Å²) >= 11 is 0. The van der Waals surface area contributed by atoms with E-state index in [4.69, 9.17) is 14.9 Å². The minimum atomic E-state index is -0.482. The van der Waals surface area contributed by atoms with Gasteiger partial charge in [-0.25, -0.2) is 9.97 Å². The van der Waals surface area contributed by atoms with Crippen LogP contribution in [0.3, 0.4) is 0 Å². The van der Waals surface area contributed by atoms with Gasteiger partial charge in [-0.3, -0.25) is 9.59 Å². The normalized spacial score (nSPS) is 14.1. The van der Waals surface area contributed by atoms with Crippen LogP contribution in [0.5, 0.6) is 0 Å². The smallest absolute Gasteiger partial charge is 0.261 e. The Morgan fingerprint density at radius 1 is 1.08 bits per heavy atom. The second-order valence-electron chi connectivity index (χ2n) is 9.79. The number of rotatable bonds is 6. The van der Waals surface area contributed by atoms with E-state index in [0.29, 0.717) is 35.3 Å². The van der Waals surface area contributed by atoms with Crippen LogP contribution >= 0.6 is 0 Å². The van der Waals surface area contributed by atoms with E-state index in [9.17, 15) is 9.59 Å². The van der Waals surface area contributed by atoms with Gasteiger partial charge < -0.3 is 29.3 Å². The second kappa shape index (κ2) is 10.2. The highest BCUT2D eigenvalue weighted by atomic mass is 16.5. The molecular weight excluding hydrogens is 496 g/mol. The molecule has 1 aliphatic rings. The van der Waals surface area contributed by atoms with E-state index in [1.807, 2.05) is 34.5 Å². The van der Waals surface area contributed by atoms with Gasteiger partial charge in [0.2, 0.25) is 5.43 Å². The molecule has 0 unspecified atom stereocenters. The van der Waals surface area contributed by atoms with Crippen LogP contribution in [0, 0.1) is 5.92 Å². The molecule has 1 aliphatic heterocycles. The van der Waals surface area contributed by atoms with Crippen molar-refractivity contribution in [3.8, 4) is 22.5 Å². The van der Waals surface area contributed by atoms with Crippen molar-refractivity contribution in [1.82, 2.24) is 19.1 Å². The van der Waals surface area contributed by atoms with Gasteiger partial charge in [-0.1, -0.05) is 12.1 Å². The number of amides is 1. The molecule has 39 heavy (non-hydrogen) atoms. The summed E-state index contributed by atoms with van der Waals surface area (Å²) in [5.74, 6) is 0.756. The molecule has 10 nitrogen and oxygen atoms in total. The number of ether oxygens (including phenoxy) is 1. The fraction of sp³-hybridized carbons (Fsp3) is 0.241. The molecule has 0 radical (unpaired) electrons. The zero-order chi connectivity index (χ0) is 26.9. The predicted molar refractivity (Wildman–Crippen MR) is 148 cm³/mol. The molecule has 3 N–H and O–H groups in total. The van der Waals surface area contributed by atoms with Crippen molar-refractivity contribution in [2.75, 3.05) is 24.3 Å². The van der Waals surface area contributed by atoms with Crippen LogP contribution < -0.4 is 16.5 Å². The molecule has 1 amide bonds. The van der Waals surface area contributed by atoms with Gasteiger partial charge in [0.15, 0.2) is 0 Å². The molecule has 1 aromatic carbocycles. The van der Waals surface area contributed by atoms with E-state index in [0.717, 1.165) is 48.2 Å². The molecule has 0 saturated carbocycles. The third-order valence-electron chi connectivity index (χ3n) is 7.16. The van der Waals surface area contributed by atoms with Crippen LogP contribution in [0.4, 0.5) is 11.5 Å². The average Bonchev–Trinajstić information content (AvgIpc) is 3.60. The fourth-order valence-corrected chi connectivity index (χ4v) is 5.12. The van der Waals surface area contributed by atoms with Gasteiger partial charge in [0.25, 0.3) is 5.91 Å². The summed E-state index contributed by atoms with van der Waals surface area (Å²) in [6.45, 7) is 2.12. The maximum Gasteiger partial charge on any atom is 0.261 e. The van der Waals surface area contributed by atoms with Crippen molar-refractivity contribution in [1.29, 1.82) is 0 Å². The Morgan fingerprint density at radius 3 is 2.62 bits per heavy atom. The van der Waals surface area contributed by atoms with Crippen LogP contribution in [0.25, 0.3) is 33.5 Å². The number of aromatic nitrogens is 4. The van der Waals surface area contributed by atoms with Crippen molar-refractivity contribution in [2.24, 2.45) is 13.0 Å². The second-order valence-corrected chi connectivity index (χ2v) is 9.79. The first-order valence-corrected chi connectivity index (χ1v) is 12.8. The molecule has 5 aromatic rings. The summed E-state index contributed by atoms with van der Waals surface area (Å²) in [6, 6.07) is 10.8.